The molecular formula is C36H26BrN3O4. The fourth-order valence-electron chi connectivity index (χ4n) is 10.1. The van der Waals surface area contributed by atoms with Gasteiger partial charge in [-0.3, -0.25) is 19.2 Å². The number of carbonyl (C=O) groups is 4. The lowest BCUT2D eigenvalue weighted by Gasteiger charge is -2.52. The third-order valence-corrected chi connectivity index (χ3v) is 12.3. The first kappa shape index (κ1) is 25.2. The summed E-state index contributed by atoms with van der Waals surface area (Å²) in [6, 6.07) is 23.1. The Labute approximate surface area is 261 Å². The topological polar surface area (TPSA) is 87.1 Å². The molecule has 0 aromatic heterocycles. The fourth-order valence-corrected chi connectivity index (χ4v) is 10.4. The Bertz CT molecular complexity index is 1850. The van der Waals surface area contributed by atoms with E-state index in [1.807, 2.05) is 60.7 Å². The Balaban J connectivity index is 1.15. The Morgan fingerprint density at radius 3 is 1.86 bits per heavy atom. The maximum Gasteiger partial charge on any atom is 0.254 e. The number of hydrogen-bond acceptors (Lipinski definition) is 5. The molecule has 9 aliphatic rings. The average molecular weight is 645 g/mol. The molecule has 8 atom stereocenters. The first-order chi connectivity index (χ1) is 21.4. The molecule has 2 saturated heterocycles. The summed E-state index contributed by atoms with van der Waals surface area (Å²) in [6.07, 6.45) is 7.05. The summed E-state index contributed by atoms with van der Waals surface area (Å²) < 4.78 is 0.850. The third-order valence-electron chi connectivity index (χ3n) is 11.8. The standard InChI is InChI=1S/C36H26BrN3O4/c37-17-9-11-18(12-10-17)39-32(41)30-27-21-5-1-3-7-25(21)36(31(30)35(39)44,26-8-4-2-6-22(26)27)16-38-40-33(42)28-19-13-14-20(24-15-23(19)24)29(28)34(40)43/h1-14,16,19-20,23-24,27-31H,15H2/b38-16-/t19-,20-,23-,24+,27?,28-,29+,30+,31+,36?/m0/s1. The van der Waals surface area contributed by atoms with Gasteiger partial charge < -0.3 is 0 Å². The summed E-state index contributed by atoms with van der Waals surface area (Å²) in [4.78, 5) is 58.1. The van der Waals surface area contributed by atoms with Gasteiger partial charge in [0.25, 0.3) is 11.8 Å². The summed E-state index contributed by atoms with van der Waals surface area (Å²) in [6.45, 7) is 0. The quantitative estimate of drug-likeness (QED) is 0.227. The minimum Gasteiger partial charge on any atom is -0.274 e. The van der Waals surface area contributed by atoms with Crippen molar-refractivity contribution in [2.24, 2.45) is 52.4 Å². The normalized spacial score (nSPS) is 38.2. The zero-order valence-corrected chi connectivity index (χ0v) is 25.0. The number of nitrogens with zero attached hydrogens (tertiary/aromatic N) is 3. The maximum atomic E-state index is 14.6. The number of halogens is 1. The van der Waals surface area contributed by atoms with E-state index in [0.717, 1.165) is 38.2 Å². The number of hydrogen-bond donors (Lipinski definition) is 0. The number of anilines is 1. The highest BCUT2D eigenvalue weighted by Gasteiger charge is 2.69. The summed E-state index contributed by atoms with van der Waals surface area (Å²) in [7, 11) is 0. The number of rotatable bonds is 3. The molecule has 3 aromatic rings. The Morgan fingerprint density at radius 2 is 1.27 bits per heavy atom. The van der Waals surface area contributed by atoms with Crippen molar-refractivity contribution in [3.63, 3.8) is 0 Å². The molecule has 4 fully saturated rings. The molecule has 0 N–H and O–H groups in total. The predicted octanol–water partition coefficient (Wildman–Crippen LogP) is 5.04. The van der Waals surface area contributed by atoms with Crippen molar-refractivity contribution in [2.75, 3.05) is 4.90 Å². The van der Waals surface area contributed by atoms with E-state index in [0.29, 0.717) is 17.5 Å². The number of hydrazone groups is 1. The van der Waals surface area contributed by atoms with Crippen LogP contribution in [0.3, 0.4) is 0 Å². The number of amides is 4. The van der Waals surface area contributed by atoms with Gasteiger partial charge in [-0.25, -0.2) is 4.90 Å². The SMILES string of the molecule is O=C1[C@@H]2[C@H]3C=C[C@@H]([C@@H]4C[C@H]34)[C@@H]2C(=O)N1/N=C\C12c3ccccc3C(c3ccccc31)[C@H]1C(=O)N(c3ccc(Br)cc3)C(=O)[C@@H]12. The lowest BCUT2D eigenvalue weighted by Crippen LogP contribution is -2.55. The van der Waals surface area contributed by atoms with E-state index < -0.39 is 17.3 Å². The van der Waals surface area contributed by atoms with Gasteiger partial charge in [0.1, 0.15) is 0 Å². The lowest BCUT2D eigenvalue weighted by molar-refractivity contribution is -0.140. The molecule has 3 aromatic carbocycles. The van der Waals surface area contributed by atoms with Crippen molar-refractivity contribution in [1.29, 1.82) is 0 Å². The third kappa shape index (κ3) is 2.82. The van der Waals surface area contributed by atoms with Gasteiger partial charge >= 0.3 is 0 Å². The van der Waals surface area contributed by atoms with Gasteiger partial charge in [-0.05, 0) is 76.6 Å². The van der Waals surface area contributed by atoms with Crippen molar-refractivity contribution in [2.45, 2.75) is 17.8 Å². The van der Waals surface area contributed by atoms with E-state index >= 15 is 0 Å². The predicted molar refractivity (Wildman–Crippen MR) is 164 cm³/mol. The highest BCUT2D eigenvalue weighted by molar-refractivity contribution is 9.10. The summed E-state index contributed by atoms with van der Waals surface area (Å²) in [5.41, 5.74) is 3.13. The van der Waals surface area contributed by atoms with Crippen molar-refractivity contribution in [1.82, 2.24) is 5.01 Å². The summed E-state index contributed by atoms with van der Waals surface area (Å²) in [5, 5.41) is 5.85. The highest BCUT2D eigenvalue weighted by Crippen LogP contribution is 2.66. The van der Waals surface area contributed by atoms with E-state index in [9.17, 15) is 19.2 Å². The van der Waals surface area contributed by atoms with Crippen molar-refractivity contribution >= 4 is 51.5 Å². The molecule has 7 nitrogen and oxygen atoms in total. The van der Waals surface area contributed by atoms with Crippen LogP contribution in [0.4, 0.5) is 5.69 Å². The highest BCUT2D eigenvalue weighted by atomic mass is 79.9. The molecule has 2 aliphatic heterocycles. The molecule has 8 heteroatoms. The molecule has 0 radical (unpaired) electrons. The Kier molecular flexibility index (Phi) is 4.75. The van der Waals surface area contributed by atoms with Gasteiger partial charge in [0, 0.05) is 16.6 Å². The van der Waals surface area contributed by atoms with Crippen LogP contribution in [0.5, 0.6) is 0 Å². The monoisotopic (exact) mass is 643 g/mol. The smallest absolute Gasteiger partial charge is 0.254 e. The van der Waals surface area contributed by atoms with Crippen LogP contribution in [-0.2, 0) is 24.6 Å². The fraction of sp³-hybridized carbons (Fsp3) is 0.306. The molecule has 12 rings (SSSR count). The van der Waals surface area contributed by atoms with Crippen LogP contribution in [0.15, 0.2) is 94.5 Å². The van der Waals surface area contributed by atoms with Gasteiger partial charge in [0.15, 0.2) is 0 Å². The molecule has 2 saturated carbocycles. The van der Waals surface area contributed by atoms with Gasteiger partial charge in [-0.1, -0.05) is 76.6 Å². The van der Waals surface area contributed by atoms with Crippen LogP contribution in [0.1, 0.15) is 34.6 Å². The van der Waals surface area contributed by atoms with Crippen LogP contribution in [0, 0.1) is 47.3 Å². The number of benzene rings is 3. The van der Waals surface area contributed by atoms with Gasteiger partial charge in [0.05, 0.1) is 34.8 Å². The first-order valence-corrected chi connectivity index (χ1v) is 16.1. The van der Waals surface area contributed by atoms with E-state index in [4.69, 9.17) is 5.10 Å². The lowest BCUT2D eigenvalue weighted by atomic mass is 9.47. The van der Waals surface area contributed by atoms with E-state index in [1.54, 1.807) is 18.3 Å². The van der Waals surface area contributed by atoms with E-state index in [1.165, 1.54) is 4.90 Å². The van der Waals surface area contributed by atoms with Gasteiger partial charge in [-0.15, -0.1) is 0 Å². The van der Waals surface area contributed by atoms with Crippen LogP contribution in [0.25, 0.3) is 0 Å². The maximum absolute atomic E-state index is 14.6. The zero-order chi connectivity index (χ0) is 29.6. The first-order valence-electron chi connectivity index (χ1n) is 15.4. The molecule has 7 aliphatic carbocycles. The number of imide groups is 2. The second-order valence-electron chi connectivity index (χ2n) is 13.4. The molecule has 4 bridgehead atoms. The minimum atomic E-state index is -1.14. The second-order valence-corrected chi connectivity index (χ2v) is 14.3. The molecule has 0 spiro atoms. The van der Waals surface area contributed by atoms with E-state index in [2.05, 4.69) is 28.1 Å². The summed E-state index contributed by atoms with van der Waals surface area (Å²) >= 11 is 3.45. The van der Waals surface area contributed by atoms with Crippen LogP contribution in [-0.4, -0.2) is 34.9 Å². The number of allylic oxidation sites excluding steroid dienone is 2. The largest absolute Gasteiger partial charge is 0.274 e. The van der Waals surface area contributed by atoms with Gasteiger partial charge in [0.2, 0.25) is 11.8 Å². The Hall–Kier alpha value is -4.17. The van der Waals surface area contributed by atoms with Gasteiger partial charge in [-0.2, -0.15) is 10.1 Å². The van der Waals surface area contributed by atoms with Crippen LogP contribution in [0.2, 0.25) is 0 Å². The van der Waals surface area contributed by atoms with E-state index in [-0.39, 0.29) is 53.2 Å². The average Bonchev–Trinajstić information content (AvgIpc) is 3.78. The second kappa shape index (κ2) is 8.30. The minimum absolute atomic E-state index is 0.0919. The molecule has 44 heavy (non-hydrogen) atoms. The van der Waals surface area contributed by atoms with Crippen molar-refractivity contribution < 1.29 is 19.2 Å². The molecule has 0 unspecified atom stereocenters. The van der Waals surface area contributed by atoms with Crippen LogP contribution < -0.4 is 4.90 Å². The molecule has 2 heterocycles. The molecule has 4 amide bonds. The summed E-state index contributed by atoms with van der Waals surface area (Å²) in [5.74, 6) is -2.32. The van der Waals surface area contributed by atoms with Crippen molar-refractivity contribution in [3.8, 4) is 0 Å². The molecular weight excluding hydrogens is 618 g/mol. The van der Waals surface area contributed by atoms with Crippen molar-refractivity contribution in [3.05, 3.63) is 112 Å². The number of carbonyl (C=O) groups excluding carboxylic acids is 4. The molecule has 216 valence electrons. The Morgan fingerprint density at radius 1 is 0.705 bits per heavy atom. The zero-order valence-electron chi connectivity index (χ0n) is 23.4. The van der Waals surface area contributed by atoms with Crippen LogP contribution >= 0.6 is 15.9 Å².